The third-order valence-electron chi connectivity index (χ3n) is 13.4. The SMILES string of the molecule is c1ccc2c(c1)sc1cc(-c3ccc4c5ccccc5c5ccccc5c4c3)cc(-c3cc(-c4ccc5c6ccccc6c6ccccc6c5c4)c4c(c3)sc3ccccc34)c12. The molecule has 0 aliphatic carbocycles. The van der Waals surface area contributed by atoms with Crippen molar-refractivity contribution in [3.63, 3.8) is 0 Å². The lowest BCUT2D eigenvalue weighted by molar-refractivity contribution is 1.67. The summed E-state index contributed by atoms with van der Waals surface area (Å²) in [5.41, 5.74) is 7.50. The van der Waals surface area contributed by atoms with Crippen molar-refractivity contribution >= 4 is 128 Å². The summed E-state index contributed by atoms with van der Waals surface area (Å²) in [6, 6.07) is 77.6. The largest absolute Gasteiger partial charge is 0.135 e. The van der Waals surface area contributed by atoms with E-state index in [1.807, 2.05) is 22.7 Å². The minimum atomic E-state index is 1.23. The molecular weight excluding hydrogens is 785 g/mol. The van der Waals surface area contributed by atoms with Gasteiger partial charge in [0.15, 0.2) is 0 Å². The Hall–Kier alpha value is -7.36. The van der Waals surface area contributed by atoms with Crippen molar-refractivity contribution in [2.75, 3.05) is 0 Å². The number of hydrogen-bond donors (Lipinski definition) is 0. The summed E-state index contributed by atoms with van der Waals surface area (Å²) < 4.78 is 5.25. The second-order valence-electron chi connectivity index (χ2n) is 16.7. The van der Waals surface area contributed by atoms with Crippen LogP contribution in [0.3, 0.4) is 0 Å². The van der Waals surface area contributed by atoms with E-state index in [0.29, 0.717) is 0 Å². The maximum absolute atomic E-state index is 2.50. The maximum Gasteiger partial charge on any atom is 0.0367 e. The smallest absolute Gasteiger partial charge is 0.0367 e. The summed E-state index contributed by atoms with van der Waals surface area (Å²) in [7, 11) is 0. The molecule has 0 N–H and O–H groups in total. The van der Waals surface area contributed by atoms with Gasteiger partial charge in [0, 0.05) is 40.3 Å². The maximum atomic E-state index is 2.50. The average molecular weight is 819 g/mol. The van der Waals surface area contributed by atoms with Gasteiger partial charge in [-0.1, -0.05) is 158 Å². The van der Waals surface area contributed by atoms with Crippen LogP contribution in [-0.4, -0.2) is 0 Å². The minimum absolute atomic E-state index is 1.23. The first-order chi connectivity index (χ1) is 30.7. The number of thiophene rings is 2. The summed E-state index contributed by atoms with van der Waals surface area (Å²) in [4.78, 5) is 0. The molecule has 0 radical (unpaired) electrons. The van der Waals surface area contributed by atoms with Gasteiger partial charge >= 0.3 is 0 Å². The van der Waals surface area contributed by atoms with Gasteiger partial charge in [-0.3, -0.25) is 0 Å². The van der Waals surface area contributed by atoms with Crippen LogP contribution >= 0.6 is 22.7 Å². The normalized spacial score (nSPS) is 12.2. The van der Waals surface area contributed by atoms with Crippen LogP contribution in [0, 0.1) is 0 Å². The molecule has 14 aromatic rings. The van der Waals surface area contributed by atoms with Crippen LogP contribution in [0.4, 0.5) is 0 Å². The van der Waals surface area contributed by atoms with Crippen molar-refractivity contribution in [2.45, 2.75) is 0 Å². The molecule has 0 spiro atoms. The Balaban J connectivity index is 1.06. The van der Waals surface area contributed by atoms with E-state index in [2.05, 4.69) is 206 Å². The first-order valence-electron chi connectivity index (χ1n) is 21.3. The molecule has 0 nitrogen and oxygen atoms in total. The first kappa shape index (κ1) is 34.4. The highest BCUT2D eigenvalue weighted by atomic mass is 32.1. The Labute approximate surface area is 365 Å². The molecule has 286 valence electrons. The first-order valence-corrected chi connectivity index (χ1v) is 22.9. The predicted molar refractivity (Wildman–Crippen MR) is 274 cm³/mol. The van der Waals surface area contributed by atoms with Gasteiger partial charge in [0.05, 0.1) is 0 Å². The third kappa shape index (κ3) is 4.94. The lowest BCUT2D eigenvalue weighted by Gasteiger charge is -2.15. The van der Waals surface area contributed by atoms with E-state index in [0.717, 1.165) is 0 Å². The molecule has 0 fully saturated rings. The van der Waals surface area contributed by atoms with Crippen LogP contribution in [0.2, 0.25) is 0 Å². The van der Waals surface area contributed by atoms with Gasteiger partial charge in [-0.25, -0.2) is 0 Å². The van der Waals surface area contributed by atoms with Crippen molar-refractivity contribution in [3.8, 4) is 33.4 Å². The van der Waals surface area contributed by atoms with Crippen LogP contribution in [0.5, 0.6) is 0 Å². The molecule has 2 heterocycles. The average Bonchev–Trinajstić information content (AvgIpc) is 3.92. The van der Waals surface area contributed by atoms with Gasteiger partial charge < -0.3 is 0 Å². The van der Waals surface area contributed by atoms with E-state index in [-0.39, 0.29) is 0 Å². The van der Waals surface area contributed by atoms with Gasteiger partial charge in [-0.15, -0.1) is 22.7 Å². The molecule has 0 atom stereocenters. The molecule has 0 amide bonds. The molecule has 0 aliphatic rings. The summed E-state index contributed by atoms with van der Waals surface area (Å²) in [5, 5.41) is 20.8. The zero-order valence-electron chi connectivity index (χ0n) is 33.4. The minimum Gasteiger partial charge on any atom is -0.135 e. The number of rotatable bonds is 3. The van der Waals surface area contributed by atoms with E-state index in [9.17, 15) is 0 Å². The van der Waals surface area contributed by atoms with Crippen molar-refractivity contribution in [2.24, 2.45) is 0 Å². The molecule has 0 saturated heterocycles. The molecular formula is C60H34S2. The van der Waals surface area contributed by atoms with Crippen LogP contribution in [-0.2, 0) is 0 Å². The zero-order valence-corrected chi connectivity index (χ0v) is 35.1. The van der Waals surface area contributed by atoms with E-state index < -0.39 is 0 Å². The molecule has 62 heavy (non-hydrogen) atoms. The second kappa shape index (κ2) is 13.1. The number of hydrogen-bond acceptors (Lipinski definition) is 2. The fraction of sp³-hybridized carbons (Fsp3) is 0. The summed E-state index contributed by atoms with van der Waals surface area (Å²) >= 11 is 3.81. The lowest BCUT2D eigenvalue weighted by Crippen LogP contribution is -1.89. The van der Waals surface area contributed by atoms with Crippen molar-refractivity contribution in [1.29, 1.82) is 0 Å². The van der Waals surface area contributed by atoms with Gasteiger partial charge in [-0.2, -0.15) is 0 Å². The number of benzene rings is 12. The van der Waals surface area contributed by atoms with Gasteiger partial charge in [0.2, 0.25) is 0 Å². The Bertz CT molecular complexity index is 4150. The van der Waals surface area contributed by atoms with E-state index in [4.69, 9.17) is 0 Å². The Morgan fingerprint density at radius 1 is 0.194 bits per heavy atom. The van der Waals surface area contributed by atoms with Crippen molar-refractivity contribution < 1.29 is 0 Å². The fourth-order valence-corrected chi connectivity index (χ4v) is 13.0. The van der Waals surface area contributed by atoms with Crippen LogP contribution in [0.15, 0.2) is 206 Å². The molecule has 0 aliphatic heterocycles. The summed E-state index contributed by atoms with van der Waals surface area (Å²) in [6.45, 7) is 0. The molecule has 12 aromatic carbocycles. The summed E-state index contributed by atoms with van der Waals surface area (Å²) in [6.07, 6.45) is 0. The lowest BCUT2D eigenvalue weighted by atomic mass is 9.88. The Kier molecular flexibility index (Phi) is 7.24. The Morgan fingerprint density at radius 3 is 0.984 bits per heavy atom. The molecule has 0 saturated carbocycles. The quantitative estimate of drug-likeness (QED) is 0.156. The summed E-state index contributed by atoms with van der Waals surface area (Å²) in [5.74, 6) is 0. The van der Waals surface area contributed by atoms with E-state index >= 15 is 0 Å². The van der Waals surface area contributed by atoms with Gasteiger partial charge in [0.1, 0.15) is 0 Å². The van der Waals surface area contributed by atoms with Crippen LogP contribution < -0.4 is 0 Å². The van der Waals surface area contributed by atoms with Crippen LogP contribution in [0.1, 0.15) is 0 Å². The molecule has 2 aromatic heterocycles. The topological polar surface area (TPSA) is 0 Å². The third-order valence-corrected chi connectivity index (χ3v) is 15.6. The molecule has 0 unspecified atom stereocenters. The molecule has 0 bridgehead atoms. The highest BCUT2D eigenvalue weighted by Crippen LogP contribution is 2.49. The highest BCUT2D eigenvalue weighted by Gasteiger charge is 2.20. The Morgan fingerprint density at radius 2 is 0.516 bits per heavy atom. The predicted octanol–water partition coefficient (Wildman–Crippen LogP) is 18.3. The second-order valence-corrected chi connectivity index (χ2v) is 18.9. The highest BCUT2D eigenvalue weighted by molar-refractivity contribution is 7.26. The fourth-order valence-electron chi connectivity index (χ4n) is 10.6. The number of fused-ring (bicyclic) bond motifs is 18. The molecule has 14 rings (SSSR count). The van der Waals surface area contributed by atoms with Crippen LogP contribution in [0.25, 0.3) is 138 Å². The van der Waals surface area contributed by atoms with Gasteiger partial charge in [-0.05, 0) is 147 Å². The van der Waals surface area contributed by atoms with E-state index in [1.54, 1.807) is 0 Å². The van der Waals surface area contributed by atoms with Gasteiger partial charge in [0.25, 0.3) is 0 Å². The molecule has 2 heteroatoms. The standard InChI is InChI=1S/C60H34S2/c1-3-17-43-39(13-1)41-15-5-7-19-45(41)53-29-35(25-27-47(43)53)37-31-52(60-50-22-10-12-24-56(50)61-57(60)33-37)38-32-51(59-49-21-9-11-23-55(49)62-58(59)34-38)36-26-28-48-44-18-4-2-14-40(44)42-16-6-8-20-46(42)54(48)30-36/h1-34H. The van der Waals surface area contributed by atoms with Crippen molar-refractivity contribution in [1.82, 2.24) is 0 Å². The monoisotopic (exact) mass is 818 g/mol. The zero-order chi connectivity index (χ0) is 40.5. The van der Waals surface area contributed by atoms with E-state index in [1.165, 1.54) is 138 Å². The van der Waals surface area contributed by atoms with Crippen molar-refractivity contribution in [3.05, 3.63) is 206 Å².